The number of ether oxygens (including phenoxy) is 1. The average molecular weight is 279 g/mol. The van der Waals surface area contributed by atoms with E-state index in [4.69, 9.17) is 0 Å². The quantitative estimate of drug-likeness (QED) is 0.808. The molecule has 0 aliphatic heterocycles. The molecule has 1 unspecified atom stereocenters. The van der Waals surface area contributed by atoms with Gasteiger partial charge < -0.3 is 10.1 Å². The van der Waals surface area contributed by atoms with E-state index >= 15 is 0 Å². The number of benzene rings is 1. The monoisotopic (exact) mass is 279 g/mol. The second kappa shape index (κ2) is 6.86. The van der Waals surface area contributed by atoms with Gasteiger partial charge in [-0.3, -0.25) is 0 Å². The van der Waals surface area contributed by atoms with Crippen LogP contribution in [0.25, 0.3) is 0 Å². The van der Waals surface area contributed by atoms with Crippen molar-refractivity contribution < 1.29 is 22.3 Å². The van der Waals surface area contributed by atoms with Gasteiger partial charge in [0.2, 0.25) is 0 Å². The SMILES string of the molecule is CNC(COCC(F)(F)F)Cc1ccc(F)cc1C. The van der Waals surface area contributed by atoms with E-state index in [2.05, 4.69) is 10.1 Å². The van der Waals surface area contributed by atoms with Crippen LogP contribution in [0.2, 0.25) is 0 Å². The Kier molecular flexibility index (Phi) is 5.75. The van der Waals surface area contributed by atoms with Crippen LogP contribution < -0.4 is 5.32 Å². The van der Waals surface area contributed by atoms with Gasteiger partial charge >= 0.3 is 6.18 Å². The smallest absolute Gasteiger partial charge is 0.370 e. The Morgan fingerprint density at radius 3 is 2.53 bits per heavy atom. The minimum atomic E-state index is -4.32. The number of nitrogens with one attached hydrogen (secondary N) is 1. The summed E-state index contributed by atoms with van der Waals surface area (Å²) in [6.45, 7) is 0.460. The summed E-state index contributed by atoms with van der Waals surface area (Å²) in [6.07, 6.45) is -3.83. The van der Waals surface area contributed by atoms with Crippen LogP contribution in [-0.2, 0) is 11.2 Å². The standard InChI is InChI=1S/C13H17F4NO/c1-9-5-11(14)4-3-10(9)6-12(18-2)7-19-8-13(15,16)17/h3-5,12,18H,6-8H2,1-2H3. The van der Waals surface area contributed by atoms with Gasteiger partial charge in [0.1, 0.15) is 12.4 Å². The maximum atomic E-state index is 12.9. The molecule has 0 spiro atoms. The highest BCUT2D eigenvalue weighted by atomic mass is 19.4. The third-order valence-corrected chi connectivity index (χ3v) is 2.76. The van der Waals surface area contributed by atoms with E-state index in [0.717, 1.165) is 11.1 Å². The molecule has 0 saturated heterocycles. The van der Waals surface area contributed by atoms with Crippen molar-refractivity contribution in [3.8, 4) is 0 Å². The summed E-state index contributed by atoms with van der Waals surface area (Å²) in [7, 11) is 1.65. The first-order chi connectivity index (χ1) is 8.81. The molecule has 6 heteroatoms. The Balaban J connectivity index is 2.52. The molecule has 108 valence electrons. The topological polar surface area (TPSA) is 21.3 Å². The van der Waals surface area contributed by atoms with E-state index in [-0.39, 0.29) is 18.5 Å². The lowest BCUT2D eigenvalue weighted by molar-refractivity contribution is -0.175. The van der Waals surface area contributed by atoms with Gasteiger partial charge in [0.25, 0.3) is 0 Å². The van der Waals surface area contributed by atoms with E-state index in [9.17, 15) is 17.6 Å². The van der Waals surface area contributed by atoms with Crippen molar-refractivity contribution in [2.24, 2.45) is 0 Å². The zero-order valence-electron chi connectivity index (χ0n) is 10.9. The predicted octanol–water partition coefficient (Wildman–Crippen LogP) is 2.84. The van der Waals surface area contributed by atoms with Crippen molar-refractivity contribution >= 4 is 0 Å². The van der Waals surface area contributed by atoms with Gasteiger partial charge in [-0.15, -0.1) is 0 Å². The van der Waals surface area contributed by atoms with Gasteiger partial charge in [-0.2, -0.15) is 13.2 Å². The molecule has 1 rings (SSSR count). The van der Waals surface area contributed by atoms with Crippen molar-refractivity contribution in [3.05, 3.63) is 35.1 Å². The summed E-state index contributed by atoms with van der Waals surface area (Å²) in [6, 6.07) is 4.13. The van der Waals surface area contributed by atoms with Crippen LogP contribution in [-0.4, -0.2) is 32.5 Å². The lowest BCUT2D eigenvalue weighted by atomic mass is 10.0. The molecule has 0 aliphatic carbocycles. The molecular formula is C13H17F4NO. The van der Waals surface area contributed by atoms with Gasteiger partial charge in [0, 0.05) is 6.04 Å². The van der Waals surface area contributed by atoms with Gasteiger partial charge in [0.15, 0.2) is 0 Å². The molecule has 0 aliphatic rings. The first kappa shape index (κ1) is 15.9. The second-order valence-electron chi connectivity index (χ2n) is 4.39. The minimum Gasteiger partial charge on any atom is -0.370 e. The van der Waals surface area contributed by atoms with Crippen LogP contribution in [0.15, 0.2) is 18.2 Å². The summed E-state index contributed by atoms with van der Waals surface area (Å²) in [5.74, 6) is -0.324. The molecule has 0 fully saturated rings. The van der Waals surface area contributed by atoms with E-state index < -0.39 is 12.8 Å². The zero-order valence-corrected chi connectivity index (χ0v) is 10.9. The van der Waals surface area contributed by atoms with E-state index in [1.54, 1.807) is 20.0 Å². The summed E-state index contributed by atoms with van der Waals surface area (Å²) in [5.41, 5.74) is 1.66. The molecule has 0 radical (unpaired) electrons. The first-order valence-electron chi connectivity index (χ1n) is 5.88. The van der Waals surface area contributed by atoms with Gasteiger partial charge in [-0.1, -0.05) is 6.07 Å². The third kappa shape index (κ3) is 6.02. The van der Waals surface area contributed by atoms with Gasteiger partial charge in [0.05, 0.1) is 6.61 Å². The number of hydrogen-bond acceptors (Lipinski definition) is 2. The van der Waals surface area contributed by atoms with Crippen LogP contribution >= 0.6 is 0 Å². The Morgan fingerprint density at radius 1 is 1.32 bits per heavy atom. The van der Waals surface area contributed by atoms with Gasteiger partial charge in [-0.05, 0) is 43.7 Å². The maximum absolute atomic E-state index is 12.9. The fourth-order valence-corrected chi connectivity index (χ4v) is 1.72. The first-order valence-corrected chi connectivity index (χ1v) is 5.88. The Morgan fingerprint density at radius 2 is 2.00 bits per heavy atom. The summed E-state index contributed by atoms with van der Waals surface area (Å²) in [5, 5.41) is 2.89. The highest BCUT2D eigenvalue weighted by Gasteiger charge is 2.27. The van der Waals surface area contributed by atoms with E-state index in [0.29, 0.717) is 6.42 Å². The minimum absolute atomic E-state index is 0.0488. The fourth-order valence-electron chi connectivity index (χ4n) is 1.72. The van der Waals surface area contributed by atoms with Crippen molar-refractivity contribution in [2.75, 3.05) is 20.3 Å². The summed E-state index contributed by atoms with van der Waals surface area (Å²) < 4.78 is 53.4. The number of likely N-dealkylation sites (N-methyl/N-ethyl adjacent to an activating group) is 1. The Hall–Kier alpha value is -1.14. The number of aryl methyl sites for hydroxylation is 1. The lowest BCUT2D eigenvalue weighted by Crippen LogP contribution is -2.34. The molecule has 1 aromatic rings. The van der Waals surface area contributed by atoms with Crippen molar-refractivity contribution in [1.82, 2.24) is 5.32 Å². The fraction of sp³-hybridized carbons (Fsp3) is 0.538. The summed E-state index contributed by atoms with van der Waals surface area (Å²) >= 11 is 0. The molecule has 19 heavy (non-hydrogen) atoms. The van der Waals surface area contributed by atoms with Crippen LogP contribution in [0, 0.1) is 12.7 Å². The normalized spacial score (nSPS) is 13.6. The molecule has 0 heterocycles. The molecule has 2 nitrogen and oxygen atoms in total. The highest BCUT2D eigenvalue weighted by Crippen LogP contribution is 2.16. The number of alkyl halides is 3. The van der Waals surface area contributed by atoms with Crippen LogP contribution in [0.3, 0.4) is 0 Å². The second-order valence-corrected chi connectivity index (χ2v) is 4.39. The third-order valence-electron chi connectivity index (χ3n) is 2.76. The number of hydrogen-bond donors (Lipinski definition) is 1. The zero-order chi connectivity index (χ0) is 14.5. The molecule has 0 saturated carbocycles. The molecule has 1 atom stereocenters. The molecule has 1 N–H and O–H groups in total. The van der Waals surface area contributed by atoms with Crippen LogP contribution in [0.4, 0.5) is 17.6 Å². The van der Waals surface area contributed by atoms with Crippen LogP contribution in [0.1, 0.15) is 11.1 Å². The Labute approximate surface area is 109 Å². The molecular weight excluding hydrogens is 262 g/mol. The number of rotatable bonds is 6. The largest absolute Gasteiger partial charge is 0.411 e. The van der Waals surface area contributed by atoms with Crippen LogP contribution in [0.5, 0.6) is 0 Å². The Bertz CT molecular complexity index is 406. The lowest BCUT2D eigenvalue weighted by Gasteiger charge is -2.18. The average Bonchev–Trinajstić information content (AvgIpc) is 2.29. The van der Waals surface area contributed by atoms with Crippen molar-refractivity contribution in [3.63, 3.8) is 0 Å². The molecule has 0 bridgehead atoms. The molecule has 0 aromatic heterocycles. The molecule has 1 aromatic carbocycles. The van der Waals surface area contributed by atoms with Gasteiger partial charge in [-0.25, -0.2) is 4.39 Å². The maximum Gasteiger partial charge on any atom is 0.411 e. The summed E-state index contributed by atoms with van der Waals surface area (Å²) in [4.78, 5) is 0. The van der Waals surface area contributed by atoms with Crippen molar-refractivity contribution in [1.29, 1.82) is 0 Å². The predicted molar refractivity (Wildman–Crippen MR) is 64.6 cm³/mol. The highest BCUT2D eigenvalue weighted by molar-refractivity contribution is 5.27. The van der Waals surface area contributed by atoms with E-state index in [1.807, 2.05) is 0 Å². The van der Waals surface area contributed by atoms with Crippen molar-refractivity contribution in [2.45, 2.75) is 25.6 Å². The molecule has 0 amide bonds. The number of halogens is 4. The van der Waals surface area contributed by atoms with E-state index in [1.165, 1.54) is 12.1 Å².